The maximum atomic E-state index is 11.4. The van der Waals surface area contributed by atoms with Crippen molar-refractivity contribution in [3.63, 3.8) is 0 Å². The third-order valence-electron chi connectivity index (χ3n) is 2.84. The number of hydrogen-bond acceptors (Lipinski definition) is 6. The Bertz CT molecular complexity index is 714. The van der Waals surface area contributed by atoms with E-state index in [1.54, 1.807) is 24.3 Å². The lowest BCUT2D eigenvalue weighted by Crippen LogP contribution is -2.19. The van der Waals surface area contributed by atoms with Crippen molar-refractivity contribution in [2.45, 2.75) is 6.54 Å². The number of oxime groups is 1. The summed E-state index contributed by atoms with van der Waals surface area (Å²) in [5.41, 5.74) is 18.3. The lowest BCUT2D eigenvalue weighted by molar-refractivity contribution is 0.0994. The van der Waals surface area contributed by atoms with Crippen LogP contribution in [-0.4, -0.2) is 26.9 Å². The molecule has 0 bridgehead atoms. The van der Waals surface area contributed by atoms with Gasteiger partial charge in [-0.3, -0.25) is 9.78 Å². The van der Waals surface area contributed by atoms with Crippen LogP contribution in [0.4, 0.5) is 0 Å². The molecule has 0 saturated carbocycles. The van der Waals surface area contributed by atoms with E-state index in [1.807, 2.05) is 0 Å². The van der Waals surface area contributed by atoms with Gasteiger partial charge in [-0.2, -0.15) is 0 Å². The Morgan fingerprint density at radius 3 is 2.71 bits per heavy atom. The number of rotatable bonds is 4. The molecule has 8 nitrogen and oxygen atoms in total. The molecule has 7 N–H and O–H groups in total. The van der Waals surface area contributed by atoms with E-state index in [4.69, 9.17) is 22.4 Å². The zero-order valence-corrected chi connectivity index (χ0v) is 11.0. The highest BCUT2D eigenvalue weighted by Crippen LogP contribution is 2.19. The van der Waals surface area contributed by atoms with Crippen molar-refractivity contribution in [1.82, 2.24) is 9.97 Å². The molecule has 0 fully saturated rings. The lowest BCUT2D eigenvalue weighted by atomic mass is 10.1. The average molecular weight is 286 g/mol. The van der Waals surface area contributed by atoms with Crippen molar-refractivity contribution in [2.24, 2.45) is 22.4 Å². The SMILES string of the molecule is NCc1ncc(-c2cccc(C(N)=NO)c2)nc1C(N)=O. The minimum atomic E-state index is -0.697. The van der Waals surface area contributed by atoms with Crippen LogP contribution in [0.25, 0.3) is 11.3 Å². The molecule has 108 valence electrons. The predicted octanol–water partition coefficient (Wildman–Crippen LogP) is -0.204. The maximum Gasteiger partial charge on any atom is 0.269 e. The molecule has 1 amide bonds. The fourth-order valence-corrected chi connectivity index (χ4v) is 1.80. The van der Waals surface area contributed by atoms with Crippen LogP contribution in [0.2, 0.25) is 0 Å². The average Bonchev–Trinajstić information content (AvgIpc) is 2.53. The fourth-order valence-electron chi connectivity index (χ4n) is 1.80. The first-order chi connectivity index (χ1) is 10.1. The van der Waals surface area contributed by atoms with E-state index in [2.05, 4.69) is 15.1 Å². The van der Waals surface area contributed by atoms with Crippen LogP contribution in [0.15, 0.2) is 35.6 Å². The van der Waals surface area contributed by atoms with E-state index in [1.165, 1.54) is 6.20 Å². The molecule has 0 aliphatic carbocycles. The second-order valence-electron chi connectivity index (χ2n) is 4.18. The van der Waals surface area contributed by atoms with Gasteiger partial charge >= 0.3 is 0 Å². The third kappa shape index (κ3) is 2.95. The topological polar surface area (TPSA) is 154 Å². The van der Waals surface area contributed by atoms with Gasteiger partial charge in [-0.15, -0.1) is 0 Å². The van der Waals surface area contributed by atoms with E-state index in [0.29, 0.717) is 22.5 Å². The van der Waals surface area contributed by atoms with Crippen molar-refractivity contribution in [3.05, 3.63) is 47.4 Å². The molecule has 2 aromatic rings. The highest BCUT2D eigenvalue weighted by Gasteiger charge is 2.13. The zero-order chi connectivity index (χ0) is 15.4. The Morgan fingerprint density at radius 2 is 2.10 bits per heavy atom. The van der Waals surface area contributed by atoms with Gasteiger partial charge in [-0.05, 0) is 6.07 Å². The molecule has 0 saturated heterocycles. The molecule has 0 atom stereocenters. The van der Waals surface area contributed by atoms with Crippen LogP contribution in [0.3, 0.4) is 0 Å². The van der Waals surface area contributed by atoms with Crippen molar-refractivity contribution < 1.29 is 10.0 Å². The number of nitrogens with zero attached hydrogens (tertiary/aromatic N) is 3. The van der Waals surface area contributed by atoms with Crippen LogP contribution in [-0.2, 0) is 6.54 Å². The first-order valence-electron chi connectivity index (χ1n) is 6.01. The van der Waals surface area contributed by atoms with Crippen LogP contribution in [0.5, 0.6) is 0 Å². The number of carbonyl (C=O) groups is 1. The quantitative estimate of drug-likeness (QED) is 0.264. The summed E-state index contributed by atoms with van der Waals surface area (Å²) in [6, 6.07) is 6.80. The van der Waals surface area contributed by atoms with E-state index in [0.717, 1.165) is 0 Å². The number of hydrogen-bond donors (Lipinski definition) is 4. The Hall–Kier alpha value is -3.00. The van der Waals surface area contributed by atoms with Crippen LogP contribution in [0, 0.1) is 0 Å². The summed E-state index contributed by atoms with van der Waals surface area (Å²) in [5, 5.41) is 11.6. The zero-order valence-electron chi connectivity index (χ0n) is 11.0. The molecule has 0 radical (unpaired) electrons. The van der Waals surface area contributed by atoms with E-state index in [9.17, 15) is 4.79 Å². The van der Waals surface area contributed by atoms with Crippen LogP contribution in [0.1, 0.15) is 21.7 Å². The number of carbonyl (C=O) groups excluding carboxylic acids is 1. The maximum absolute atomic E-state index is 11.4. The number of primary amides is 1. The number of amidine groups is 1. The third-order valence-corrected chi connectivity index (χ3v) is 2.84. The summed E-state index contributed by atoms with van der Waals surface area (Å²) >= 11 is 0. The molecule has 0 spiro atoms. The Balaban J connectivity index is 2.52. The molecule has 1 heterocycles. The van der Waals surface area contributed by atoms with E-state index in [-0.39, 0.29) is 18.1 Å². The fraction of sp³-hybridized carbons (Fsp3) is 0.0769. The van der Waals surface area contributed by atoms with Gasteiger partial charge in [0.15, 0.2) is 11.5 Å². The summed E-state index contributed by atoms with van der Waals surface area (Å²) in [4.78, 5) is 19.6. The molecular formula is C13H14N6O2. The van der Waals surface area contributed by atoms with Gasteiger partial charge in [-0.1, -0.05) is 23.4 Å². The molecule has 2 rings (SSSR count). The largest absolute Gasteiger partial charge is 0.409 e. The van der Waals surface area contributed by atoms with Crippen molar-refractivity contribution in [2.75, 3.05) is 0 Å². The molecule has 0 aliphatic rings. The van der Waals surface area contributed by atoms with Crippen molar-refractivity contribution >= 4 is 11.7 Å². The van der Waals surface area contributed by atoms with Crippen LogP contribution >= 0.6 is 0 Å². The van der Waals surface area contributed by atoms with Gasteiger partial charge in [0.25, 0.3) is 5.91 Å². The lowest BCUT2D eigenvalue weighted by Gasteiger charge is -2.07. The molecule has 0 aliphatic heterocycles. The normalized spacial score (nSPS) is 11.4. The molecule has 21 heavy (non-hydrogen) atoms. The summed E-state index contributed by atoms with van der Waals surface area (Å²) in [6.45, 7) is 0.0652. The van der Waals surface area contributed by atoms with E-state index < -0.39 is 5.91 Å². The number of benzene rings is 1. The van der Waals surface area contributed by atoms with Gasteiger partial charge in [0.05, 0.1) is 17.6 Å². The Morgan fingerprint density at radius 1 is 1.33 bits per heavy atom. The minimum Gasteiger partial charge on any atom is -0.409 e. The van der Waals surface area contributed by atoms with Gasteiger partial charge in [0.2, 0.25) is 0 Å². The highest BCUT2D eigenvalue weighted by molar-refractivity contribution is 5.98. The molecule has 1 aromatic carbocycles. The highest BCUT2D eigenvalue weighted by atomic mass is 16.4. The Kier molecular flexibility index (Phi) is 4.10. The molecule has 8 heteroatoms. The van der Waals surface area contributed by atoms with Gasteiger partial charge in [0.1, 0.15) is 0 Å². The molecule has 1 aromatic heterocycles. The molecular weight excluding hydrogens is 272 g/mol. The number of amides is 1. The smallest absolute Gasteiger partial charge is 0.269 e. The van der Waals surface area contributed by atoms with Crippen molar-refractivity contribution in [1.29, 1.82) is 0 Å². The van der Waals surface area contributed by atoms with Gasteiger partial charge in [0, 0.05) is 17.7 Å². The second-order valence-corrected chi connectivity index (χ2v) is 4.18. The monoisotopic (exact) mass is 286 g/mol. The second kappa shape index (κ2) is 5.97. The van der Waals surface area contributed by atoms with Crippen molar-refractivity contribution in [3.8, 4) is 11.3 Å². The number of aromatic nitrogens is 2. The van der Waals surface area contributed by atoms with Crippen LogP contribution < -0.4 is 17.2 Å². The summed E-state index contributed by atoms with van der Waals surface area (Å²) in [5.74, 6) is -0.726. The predicted molar refractivity (Wildman–Crippen MR) is 76.4 cm³/mol. The van der Waals surface area contributed by atoms with Gasteiger partial charge < -0.3 is 22.4 Å². The summed E-state index contributed by atoms with van der Waals surface area (Å²) in [7, 11) is 0. The summed E-state index contributed by atoms with van der Waals surface area (Å²) in [6.07, 6.45) is 1.49. The Labute approximate surface area is 120 Å². The summed E-state index contributed by atoms with van der Waals surface area (Å²) < 4.78 is 0. The van der Waals surface area contributed by atoms with E-state index >= 15 is 0 Å². The number of nitrogens with two attached hydrogens (primary N) is 3. The van der Waals surface area contributed by atoms with Gasteiger partial charge in [-0.25, -0.2) is 4.98 Å². The standard InChI is InChI=1S/C13H14N6O2/c14-5-9-11(13(16)20)18-10(6-17-9)7-2-1-3-8(4-7)12(15)19-21/h1-4,6,21H,5,14H2,(H2,15,19)(H2,16,20). The first kappa shape index (κ1) is 14.4. The first-order valence-corrected chi connectivity index (χ1v) is 6.01. The minimum absolute atomic E-state index is 0.0292. The molecule has 0 unspecified atom stereocenters.